The Balaban J connectivity index is 1.51. The molecule has 1 unspecified atom stereocenters. The van der Waals surface area contributed by atoms with Crippen molar-refractivity contribution in [2.45, 2.75) is 38.6 Å². The van der Waals surface area contributed by atoms with Gasteiger partial charge in [-0.2, -0.15) is 0 Å². The molecule has 1 amide bonds. The quantitative estimate of drug-likeness (QED) is 0.121. The number of nitrogens with zero attached hydrogens (tertiary/aromatic N) is 2. The zero-order valence-electron chi connectivity index (χ0n) is 21.1. The van der Waals surface area contributed by atoms with E-state index in [1.54, 1.807) is 12.1 Å². The van der Waals surface area contributed by atoms with Crippen LogP contribution in [-0.4, -0.2) is 62.0 Å². The Morgan fingerprint density at radius 3 is 2.53 bits per heavy atom. The highest BCUT2D eigenvalue weighted by atomic mass is 35.5. The van der Waals surface area contributed by atoms with Gasteiger partial charge in [0.2, 0.25) is 0 Å². The second-order valence-corrected chi connectivity index (χ2v) is 9.29. The molecule has 1 heterocycles. The summed E-state index contributed by atoms with van der Waals surface area (Å²) < 4.78 is 22.4. The summed E-state index contributed by atoms with van der Waals surface area (Å²) >= 11 is 11.7. The molecule has 0 saturated carbocycles. The minimum absolute atomic E-state index is 0.113. The fourth-order valence-corrected chi connectivity index (χ4v) is 4.24. The highest BCUT2D eigenvalue weighted by Gasteiger charge is 2.16. The number of hydrogen-bond acceptors (Lipinski definition) is 8. The molecule has 1 aliphatic heterocycles. The van der Waals surface area contributed by atoms with Crippen LogP contribution in [0.4, 0.5) is 21.9 Å². The lowest BCUT2D eigenvalue weighted by molar-refractivity contribution is -0.385. The Labute approximate surface area is 232 Å². The number of alkyl halides is 2. The fourth-order valence-electron chi connectivity index (χ4n) is 3.84. The van der Waals surface area contributed by atoms with E-state index in [4.69, 9.17) is 42.1 Å². The molecule has 0 radical (unpaired) electrons. The van der Waals surface area contributed by atoms with Gasteiger partial charge in [-0.3, -0.25) is 15.4 Å². The van der Waals surface area contributed by atoms with Gasteiger partial charge in [0.25, 0.3) is 5.69 Å². The van der Waals surface area contributed by atoms with E-state index in [-0.39, 0.29) is 30.9 Å². The molecule has 1 N–H and O–H groups in total. The predicted molar refractivity (Wildman–Crippen MR) is 147 cm³/mol. The molecular formula is C26H33Cl2N3O7. The number of nitrogens with one attached hydrogen (secondary N) is 1. The molecule has 208 valence electrons. The van der Waals surface area contributed by atoms with E-state index >= 15 is 0 Å². The number of hydrogen-bond donors (Lipinski definition) is 1. The highest BCUT2D eigenvalue weighted by Crippen LogP contribution is 2.26. The molecule has 0 aliphatic carbocycles. The molecule has 12 heteroatoms. The van der Waals surface area contributed by atoms with Gasteiger partial charge in [-0.25, -0.2) is 4.79 Å². The van der Waals surface area contributed by atoms with Gasteiger partial charge in [0.15, 0.2) is 6.29 Å². The number of nitro benzene ring substituents is 1. The van der Waals surface area contributed by atoms with E-state index in [0.717, 1.165) is 24.9 Å². The van der Waals surface area contributed by atoms with Crippen LogP contribution in [0.1, 0.15) is 31.2 Å². The number of carbonyl (C=O) groups excluding carboxylic acids is 1. The van der Waals surface area contributed by atoms with Crippen LogP contribution < -0.4 is 15.0 Å². The molecular weight excluding hydrogens is 537 g/mol. The van der Waals surface area contributed by atoms with E-state index in [9.17, 15) is 14.9 Å². The summed E-state index contributed by atoms with van der Waals surface area (Å²) in [6.45, 7) is 2.63. The molecule has 1 saturated heterocycles. The van der Waals surface area contributed by atoms with E-state index in [2.05, 4.69) is 5.32 Å². The van der Waals surface area contributed by atoms with Crippen LogP contribution in [0, 0.1) is 10.1 Å². The summed E-state index contributed by atoms with van der Waals surface area (Å²) in [5.41, 5.74) is 1.89. The van der Waals surface area contributed by atoms with Crippen molar-refractivity contribution >= 4 is 46.4 Å². The summed E-state index contributed by atoms with van der Waals surface area (Å²) in [6, 6.07) is 11.4. The van der Waals surface area contributed by atoms with Crippen LogP contribution >= 0.6 is 23.2 Å². The molecule has 2 aromatic carbocycles. The molecule has 38 heavy (non-hydrogen) atoms. The van der Waals surface area contributed by atoms with Crippen LogP contribution in [-0.2, 0) is 20.8 Å². The average molecular weight is 570 g/mol. The molecule has 1 atom stereocenters. The summed E-state index contributed by atoms with van der Waals surface area (Å²) in [5.74, 6) is 1.23. The Morgan fingerprint density at radius 2 is 1.87 bits per heavy atom. The number of ether oxygens (including phenoxy) is 4. The van der Waals surface area contributed by atoms with Crippen molar-refractivity contribution < 1.29 is 28.7 Å². The Kier molecular flexibility index (Phi) is 12.7. The molecule has 0 spiro atoms. The number of amides is 1. The Morgan fingerprint density at radius 1 is 1.11 bits per heavy atom. The number of non-ortho nitro benzene ring substituents is 1. The lowest BCUT2D eigenvalue weighted by Gasteiger charge is -2.23. The molecule has 1 aliphatic rings. The monoisotopic (exact) mass is 569 g/mol. The first-order chi connectivity index (χ1) is 18.5. The minimum atomic E-state index is -0.665. The Bertz CT molecular complexity index is 1010. The topological polar surface area (TPSA) is 112 Å². The number of anilines is 2. The van der Waals surface area contributed by atoms with Gasteiger partial charge in [0.1, 0.15) is 12.4 Å². The largest absolute Gasteiger partial charge is 0.493 e. The van der Waals surface area contributed by atoms with Gasteiger partial charge < -0.3 is 23.8 Å². The second-order valence-electron chi connectivity index (χ2n) is 8.53. The molecule has 10 nitrogen and oxygen atoms in total. The van der Waals surface area contributed by atoms with Gasteiger partial charge in [-0.1, -0.05) is 0 Å². The van der Waals surface area contributed by atoms with E-state index in [0.29, 0.717) is 55.7 Å². The van der Waals surface area contributed by atoms with E-state index in [1.165, 1.54) is 18.2 Å². The van der Waals surface area contributed by atoms with Gasteiger partial charge in [0, 0.05) is 60.9 Å². The first kappa shape index (κ1) is 29.8. The molecule has 2 aromatic rings. The lowest BCUT2D eigenvalue weighted by Crippen LogP contribution is -2.27. The third-order valence-corrected chi connectivity index (χ3v) is 6.13. The summed E-state index contributed by atoms with van der Waals surface area (Å²) in [6.07, 6.45) is 2.73. The minimum Gasteiger partial charge on any atom is -0.493 e. The number of halogens is 2. The number of rotatable bonds is 15. The normalized spacial score (nSPS) is 15.1. The van der Waals surface area contributed by atoms with Crippen molar-refractivity contribution in [1.82, 2.24) is 0 Å². The van der Waals surface area contributed by atoms with Crippen molar-refractivity contribution in [3.63, 3.8) is 0 Å². The molecule has 0 bridgehead atoms. The van der Waals surface area contributed by atoms with Crippen LogP contribution in [0.15, 0.2) is 42.5 Å². The van der Waals surface area contributed by atoms with Crippen molar-refractivity contribution in [3.05, 3.63) is 58.1 Å². The maximum absolute atomic E-state index is 12.4. The number of nitro groups is 1. The second kappa shape index (κ2) is 16.2. The molecule has 0 aromatic heterocycles. The predicted octanol–water partition coefficient (Wildman–Crippen LogP) is 5.94. The van der Waals surface area contributed by atoms with E-state index in [1.807, 2.05) is 17.0 Å². The summed E-state index contributed by atoms with van der Waals surface area (Å²) in [4.78, 5) is 25.2. The van der Waals surface area contributed by atoms with Crippen LogP contribution in [0.25, 0.3) is 0 Å². The zero-order valence-corrected chi connectivity index (χ0v) is 22.6. The smallest absolute Gasteiger partial charge is 0.411 e. The van der Waals surface area contributed by atoms with Crippen LogP contribution in [0.2, 0.25) is 0 Å². The van der Waals surface area contributed by atoms with Gasteiger partial charge in [-0.15, -0.1) is 23.2 Å². The maximum atomic E-state index is 12.4. The van der Waals surface area contributed by atoms with Crippen LogP contribution in [0.3, 0.4) is 0 Å². The third kappa shape index (κ3) is 9.83. The SMILES string of the molecule is O=C(Nc1ccc(N(CCCl)CCCl)cc1)OCc1ccc([N+](=O)[O-])cc1OCCCOC1CCCCO1. The maximum Gasteiger partial charge on any atom is 0.411 e. The third-order valence-electron chi connectivity index (χ3n) is 5.80. The van der Waals surface area contributed by atoms with Crippen molar-refractivity contribution in [2.75, 3.05) is 54.9 Å². The van der Waals surface area contributed by atoms with Crippen molar-refractivity contribution in [3.8, 4) is 5.75 Å². The fraction of sp³-hybridized carbons (Fsp3) is 0.500. The first-order valence-corrected chi connectivity index (χ1v) is 13.6. The summed E-state index contributed by atoms with van der Waals surface area (Å²) in [5, 5.41) is 13.9. The van der Waals surface area contributed by atoms with E-state index < -0.39 is 11.0 Å². The Hall–Kier alpha value is -2.79. The van der Waals surface area contributed by atoms with Crippen molar-refractivity contribution in [2.24, 2.45) is 0 Å². The molecule has 1 fully saturated rings. The summed E-state index contributed by atoms with van der Waals surface area (Å²) in [7, 11) is 0. The molecule has 3 rings (SSSR count). The van der Waals surface area contributed by atoms with Crippen molar-refractivity contribution in [1.29, 1.82) is 0 Å². The number of carbonyl (C=O) groups is 1. The number of benzene rings is 2. The standard InChI is InChI=1S/C26H33Cl2N3O7/c27-11-13-30(14-12-28)22-9-6-21(7-10-22)29-26(32)38-19-20-5-8-23(31(33)34)18-24(20)35-16-3-17-37-25-4-1-2-15-36-25/h5-10,18,25H,1-4,11-17,19H2,(H,29,32). The highest BCUT2D eigenvalue weighted by molar-refractivity contribution is 6.18. The average Bonchev–Trinajstić information content (AvgIpc) is 2.93. The lowest BCUT2D eigenvalue weighted by atomic mass is 10.2. The van der Waals surface area contributed by atoms with Gasteiger partial charge >= 0.3 is 6.09 Å². The first-order valence-electron chi connectivity index (χ1n) is 12.5. The van der Waals surface area contributed by atoms with Gasteiger partial charge in [-0.05, 0) is 49.6 Å². The van der Waals surface area contributed by atoms with Gasteiger partial charge in [0.05, 0.1) is 24.2 Å². The van der Waals surface area contributed by atoms with Crippen LogP contribution in [0.5, 0.6) is 5.75 Å². The zero-order chi connectivity index (χ0) is 27.2.